The second-order valence-electron chi connectivity index (χ2n) is 6.81. The molecule has 0 saturated heterocycles. The molecule has 0 heterocycles. The fourth-order valence-corrected chi connectivity index (χ4v) is 3.18. The molecule has 1 rings (SSSR count). The van der Waals surface area contributed by atoms with Crippen molar-refractivity contribution in [2.24, 2.45) is 0 Å². The Bertz CT molecular complexity index is 707. The summed E-state index contributed by atoms with van der Waals surface area (Å²) in [6.07, 6.45) is 1.93. The number of rotatable bonds is 9. The topological polar surface area (TPSA) is 65.1 Å². The van der Waals surface area contributed by atoms with Gasteiger partial charge in [0.1, 0.15) is 0 Å². The van der Waals surface area contributed by atoms with Crippen molar-refractivity contribution in [2.45, 2.75) is 59.7 Å². The van der Waals surface area contributed by atoms with Gasteiger partial charge in [-0.3, -0.25) is 4.79 Å². The Balaban J connectivity index is 2.87. The molecule has 0 aliphatic rings. The van der Waals surface area contributed by atoms with Crippen molar-refractivity contribution in [1.29, 1.82) is 0 Å². The number of benzene rings is 1. The van der Waals surface area contributed by atoms with Crippen LogP contribution in [0.25, 0.3) is 6.08 Å². The van der Waals surface area contributed by atoms with Gasteiger partial charge in [-0.05, 0) is 65.3 Å². The number of carbonyl (C=O) groups excluding carboxylic acids is 2. The van der Waals surface area contributed by atoms with Gasteiger partial charge in [-0.1, -0.05) is 11.6 Å². The third-order valence-corrected chi connectivity index (χ3v) is 4.24. The molecule has 28 heavy (non-hydrogen) atoms. The number of amides is 1. The van der Waals surface area contributed by atoms with E-state index in [1.54, 1.807) is 30.0 Å². The first-order valence-electron chi connectivity index (χ1n) is 9.33. The van der Waals surface area contributed by atoms with Gasteiger partial charge in [0.15, 0.2) is 17.6 Å². The second-order valence-corrected chi connectivity index (χ2v) is 7.22. The maximum Gasteiger partial charge on any atom is 0.331 e. The van der Waals surface area contributed by atoms with Gasteiger partial charge in [-0.15, -0.1) is 0 Å². The fraction of sp³-hybridized carbons (Fsp3) is 0.524. The van der Waals surface area contributed by atoms with E-state index in [2.05, 4.69) is 0 Å². The third-order valence-electron chi connectivity index (χ3n) is 3.96. The maximum absolute atomic E-state index is 12.5. The van der Waals surface area contributed by atoms with Crippen LogP contribution in [0.5, 0.6) is 11.5 Å². The maximum atomic E-state index is 12.5. The number of esters is 1. The minimum absolute atomic E-state index is 0.0163. The van der Waals surface area contributed by atoms with Gasteiger partial charge < -0.3 is 19.1 Å². The van der Waals surface area contributed by atoms with Crippen molar-refractivity contribution in [3.8, 4) is 11.5 Å². The molecular formula is C21H30ClNO5. The van der Waals surface area contributed by atoms with Gasteiger partial charge in [-0.2, -0.15) is 0 Å². The normalized spacial score (nSPS) is 12.4. The van der Waals surface area contributed by atoms with Crippen LogP contribution in [0.15, 0.2) is 18.2 Å². The Morgan fingerprint density at radius 2 is 1.75 bits per heavy atom. The number of hydrogen-bond acceptors (Lipinski definition) is 5. The summed E-state index contributed by atoms with van der Waals surface area (Å²) in [7, 11) is 1.51. The molecule has 0 N–H and O–H groups in total. The van der Waals surface area contributed by atoms with E-state index in [1.165, 1.54) is 13.2 Å². The Morgan fingerprint density at radius 1 is 1.14 bits per heavy atom. The summed E-state index contributed by atoms with van der Waals surface area (Å²) < 4.78 is 16.0. The molecular weight excluding hydrogens is 382 g/mol. The van der Waals surface area contributed by atoms with Gasteiger partial charge in [0.05, 0.1) is 18.7 Å². The van der Waals surface area contributed by atoms with E-state index in [-0.39, 0.29) is 18.0 Å². The summed E-state index contributed by atoms with van der Waals surface area (Å²) >= 11 is 6.20. The molecule has 1 aromatic carbocycles. The Kier molecular flexibility index (Phi) is 9.32. The number of halogens is 1. The summed E-state index contributed by atoms with van der Waals surface area (Å²) in [4.78, 5) is 26.4. The molecule has 7 heteroatoms. The molecule has 0 aromatic heterocycles. The SMILES string of the molecule is CCOc1cc(/C=C/C(=O)O[C@@H](C)C(=O)N(C(C)C)C(C)C)cc(Cl)c1OC. The minimum Gasteiger partial charge on any atom is -0.491 e. The number of nitrogens with zero attached hydrogens (tertiary/aromatic N) is 1. The van der Waals surface area contributed by atoms with Crippen molar-refractivity contribution in [1.82, 2.24) is 4.90 Å². The van der Waals surface area contributed by atoms with E-state index in [4.69, 9.17) is 25.8 Å². The zero-order valence-electron chi connectivity index (χ0n) is 17.6. The highest BCUT2D eigenvalue weighted by Gasteiger charge is 2.27. The van der Waals surface area contributed by atoms with E-state index < -0.39 is 12.1 Å². The smallest absolute Gasteiger partial charge is 0.331 e. The number of ether oxygens (including phenoxy) is 3. The Labute approximate surface area is 172 Å². The molecule has 156 valence electrons. The molecule has 0 unspecified atom stereocenters. The molecule has 0 radical (unpaired) electrons. The Hall–Kier alpha value is -2.21. The summed E-state index contributed by atoms with van der Waals surface area (Å²) in [5.41, 5.74) is 0.649. The molecule has 1 atom stereocenters. The van der Waals surface area contributed by atoms with Crippen LogP contribution in [-0.4, -0.2) is 48.7 Å². The summed E-state index contributed by atoms with van der Waals surface area (Å²) in [5, 5.41) is 0.370. The number of carbonyl (C=O) groups is 2. The molecule has 6 nitrogen and oxygen atoms in total. The van der Waals surface area contributed by atoms with Crippen molar-refractivity contribution in [3.63, 3.8) is 0 Å². The van der Waals surface area contributed by atoms with Gasteiger partial charge in [-0.25, -0.2) is 4.79 Å². The molecule has 0 spiro atoms. The van der Waals surface area contributed by atoms with Gasteiger partial charge in [0, 0.05) is 18.2 Å². The van der Waals surface area contributed by atoms with Gasteiger partial charge >= 0.3 is 5.97 Å². The first-order valence-corrected chi connectivity index (χ1v) is 9.71. The average Bonchev–Trinajstić information content (AvgIpc) is 2.59. The standard InChI is InChI=1S/C21H30ClNO5/c1-8-27-18-12-16(11-17(22)20(18)26-7)9-10-19(24)28-15(6)21(25)23(13(2)3)14(4)5/h9-15H,8H2,1-7H3/b10-9+/t15-/m0/s1. The zero-order chi connectivity index (χ0) is 21.4. The van der Waals surface area contributed by atoms with E-state index in [0.29, 0.717) is 28.7 Å². The molecule has 0 aliphatic carbocycles. The lowest BCUT2D eigenvalue weighted by molar-refractivity contribution is -0.157. The van der Waals surface area contributed by atoms with E-state index in [9.17, 15) is 9.59 Å². The molecule has 0 saturated carbocycles. The zero-order valence-corrected chi connectivity index (χ0v) is 18.4. The van der Waals surface area contributed by atoms with Crippen LogP contribution in [0.3, 0.4) is 0 Å². The number of hydrogen-bond donors (Lipinski definition) is 0. The summed E-state index contributed by atoms with van der Waals surface area (Å²) in [6, 6.07) is 3.40. The predicted molar refractivity (Wildman–Crippen MR) is 111 cm³/mol. The van der Waals surface area contributed by atoms with Crippen LogP contribution in [0.4, 0.5) is 0 Å². The first-order chi connectivity index (χ1) is 13.1. The van der Waals surface area contributed by atoms with Crippen molar-refractivity contribution < 1.29 is 23.8 Å². The largest absolute Gasteiger partial charge is 0.491 e. The van der Waals surface area contributed by atoms with E-state index >= 15 is 0 Å². The van der Waals surface area contributed by atoms with Crippen LogP contribution in [0.1, 0.15) is 47.1 Å². The molecule has 0 fully saturated rings. The fourth-order valence-electron chi connectivity index (χ4n) is 2.89. The molecule has 0 aliphatic heterocycles. The minimum atomic E-state index is -0.875. The van der Waals surface area contributed by atoms with Crippen molar-refractivity contribution >= 4 is 29.6 Å². The molecule has 1 amide bonds. The van der Waals surface area contributed by atoms with Crippen molar-refractivity contribution in [2.75, 3.05) is 13.7 Å². The molecule has 1 aromatic rings. The lowest BCUT2D eigenvalue weighted by atomic mass is 10.2. The highest BCUT2D eigenvalue weighted by Crippen LogP contribution is 2.36. The number of methoxy groups -OCH3 is 1. The summed E-state index contributed by atoms with van der Waals surface area (Å²) in [5.74, 6) is 0.0829. The van der Waals surface area contributed by atoms with Gasteiger partial charge in [0.25, 0.3) is 5.91 Å². The molecule has 0 bridgehead atoms. The third kappa shape index (κ3) is 6.44. The first kappa shape index (κ1) is 23.8. The Morgan fingerprint density at radius 3 is 2.25 bits per heavy atom. The van der Waals surface area contributed by atoms with Gasteiger partial charge in [0.2, 0.25) is 0 Å². The van der Waals surface area contributed by atoms with Crippen LogP contribution in [-0.2, 0) is 14.3 Å². The highest BCUT2D eigenvalue weighted by atomic mass is 35.5. The van der Waals surface area contributed by atoms with Crippen LogP contribution in [0.2, 0.25) is 5.02 Å². The lowest BCUT2D eigenvalue weighted by Crippen LogP contribution is -2.47. The van der Waals surface area contributed by atoms with E-state index in [1.807, 2.05) is 34.6 Å². The quantitative estimate of drug-likeness (QED) is 0.446. The monoisotopic (exact) mass is 411 g/mol. The average molecular weight is 412 g/mol. The van der Waals surface area contributed by atoms with Crippen LogP contribution in [0, 0.1) is 0 Å². The summed E-state index contributed by atoms with van der Waals surface area (Å²) in [6.45, 7) is 11.6. The van der Waals surface area contributed by atoms with Crippen LogP contribution >= 0.6 is 11.6 Å². The lowest BCUT2D eigenvalue weighted by Gasteiger charge is -2.32. The van der Waals surface area contributed by atoms with Crippen molar-refractivity contribution in [3.05, 3.63) is 28.8 Å². The van der Waals surface area contributed by atoms with E-state index in [0.717, 1.165) is 0 Å². The predicted octanol–water partition coefficient (Wildman–Crippen LogP) is 4.34. The second kappa shape index (κ2) is 11.0. The van der Waals surface area contributed by atoms with Crippen LogP contribution < -0.4 is 9.47 Å². The highest BCUT2D eigenvalue weighted by molar-refractivity contribution is 6.32.